The summed E-state index contributed by atoms with van der Waals surface area (Å²) in [6, 6.07) is 9.37. The fraction of sp³-hybridized carbons (Fsp3) is 0.667. The Labute approximate surface area is 118 Å². The van der Waals surface area contributed by atoms with Crippen molar-refractivity contribution in [1.82, 2.24) is 0 Å². The Hall–Kier alpha value is -0.820. The van der Waals surface area contributed by atoms with Crippen molar-refractivity contribution in [2.75, 3.05) is 6.54 Å². The average Bonchev–Trinajstić information content (AvgIpc) is 2.39. The van der Waals surface area contributed by atoms with Gasteiger partial charge in [-0.25, -0.2) is 0 Å². The molecule has 0 spiro atoms. The lowest BCUT2D eigenvalue weighted by atomic mass is 9.73. The minimum Gasteiger partial charge on any atom is -0.330 e. The number of benzene rings is 1. The molecule has 19 heavy (non-hydrogen) atoms. The van der Waals surface area contributed by atoms with Gasteiger partial charge in [-0.2, -0.15) is 0 Å². The summed E-state index contributed by atoms with van der Waals surface area (Å²) in [4.78, 5) is 0. The molecule has 1 nitrogen and oxygen atoms in total. The van der Waals surface area contributed by atoms with Crippen molar-refractivity contribution in [3.05, 3.63) is 35.4 Å². The topological polar surface area (TPSA) is 26.0 Å². The molecule has 1 aromatic carbocycles. The Morgan fingerprint density at radius 2 is 1.68 bits per heavy atom. The van der Waals surface area contributed by atoms with Gasteiger partial charge in [0.1, 0.15) is 0 Å². The van der Waals surface area contributed by atoms with Gasteiger partial charge in [0, 0.05) is 0 Å². The van der Waals surface area contributed by atoms with E-state index in [-0.39, 0.29) is 5.41 Å². The normalized spacial score (nSPS) is 24.4. The third-order valence-corrected chi connectivity index (χ3v) is 4.65. The first-order chi connectivity index (χ1) is 9.02. The van der Waals surface area contributed by atoms with Crippen LogP contribution in [0.2, 0.25) is 0 Å². The van der Waals surface area contributed by atoms with Crippen LogP contribution < -0.4 is 5.73 Å². The van der Waals surface area contributed by atoms with Crippen molar-refractivity contribution >= 4 is 0 Å². The van der Waals surface area contributed by atoms with E-state index in [2.05, 4.69) is 45.0 Å². The highest BCUT2D eigenvalue weighted by Gasteiger charge is 2.26. The maximum absolute atomic E-state index is 5.78. The molecular formula is C18H29N. The van der Waals surface area contributed by atoms with Crippen LogP contribution in [-0.4, -0.2) is 6.54 Å². The van der Waals surface area contributed by atoms with Gasteiger partial charge in [0.05, 0.1) is 0 Å². The predicted molar refractivity (Wildman–Crippen MR) is 83.5 cm³/mol. The fourth-order valence-electron chi connectivity index (χ4n) is 3.44. The summed E-state index contributed by atoms with van der Waals surface area (Å²) in [7, 11) is 0. The Kier molecular flexibility index (Phi) is 4.67. The SMILES string of the molecule is CC(C)(C)c1ccc(C2CCCCC2CCN)cc1. The highest BCUT2D eigenvalue weighted by Crippen LogP contribution is 2.39. The second-order valence-corrected chi connectivity index (χ2v) is 7.10. The van der Waals surface area contributed by atoms with Crippen LogP contribution in [0.5, 0.6) is 0 Å². The smallest absolute Gasteiger partial charge is 0.00744 e. The van der Waals surface area contributed by atoms with Crippen molar-refractivity contribution < 1.29 is 0 Å². The molecule has 1 saturated carbocycles. The summed E-state index contributed by atoms with van der Waals surface area (Å²) in [6.07, 6.45) is 6.67. The van der Waals surface area contributed by atoms with E-state index in [1.165, 1.54) is 43.2 Å². The monoisotopic (exact) mass is 259 g/mol. The zero-order valence-electron chi connectivity index (χ0n) is 12.8. The number of hydrogen-bond donors (Lipinski definition) is 1. The summed E-state index contributed by atoms with van der Waals surface area (Å²) in [5, 5.41) is 0. The van der Waals surface area contributed by atoms with Gasteiger partial charge in [-0.3, -0.25) is 0 Å². The lowest BCUT2D eigenvalue weighted by molar-refractivity contribution is 0.294. The van der Waals surface area contributed by atoms with Gasteiger partial charge < -0.3 is 5.73 Å². The number of hydrogen-bond acceptors (Lipinski definition) is 1. The van der Waals surface area contributed by atoms with Crippen LogP contribution in [0, 0.1) is 5.92 Å². The van der Waals surface area contributed by atoms with Crippen molar-refractivity contribution in [1.29, 1.82) is 0 Å². The molecule has 1 aliphatic rings. The van der Waals surface area contributed by atoms with Crippen LogP contribution in [0.1, 0.15) is 69.9 Å². The van der Waals surface area contributed by atoms with Crippen molar-refractivity contribution in [2.45, 2.75) is 64.2 Å². The molecular weight excluding hydrogens is 230 g/mol. The first-order valence-electron chi connectivity index (χ1n) is 7.83. The summed E-state index contributed by atoms with van der Waals surface area (Å²) < 4.78 is 0. The van der Waals surface area contributed by atoms with Crippen LogP contribution >= 0.6 is 0 Å². The van der Waals surface area contributed by atoms with Crippen LogP contribution in [-0.2, 0) is 5.41 Å². The van der Waals surface area contributed by atoms with Gasteiger partial charge in [-0.1, -0.05) is 57.9 Å². The van der Waals surface area contributed by atoms with E-state index >= 15 is 0 Å². The Morgan fingerprint density at radius 1 is 1.05 bits per heavy atom. The maximum Gasteiger partial charge on any atom is -0.00744 e. The molecule has 0 aliphatic heterocycles. The quantitative estimate of drug-likeness (QED) is 0.843. The summed E-state index contributed by atoms with van der Waals surface area (Å²) in [5.41, 5.74) is 9.00. The number of rotatable bonds is 3. The molecule has 0 radical (unpaired) electrons. The maximum atomic E-state index is 5.78. The molecule has 2 atom stereocenters. The van der Waals surface area contributed by atoms with E-state index < -0.39 is 0 Å². The van der Waals surface area contributed by atoms with Crippen LogP contribution in [0.3, 0.4) is 0 Å². The van der Waals surface area contributed by atoms with Crippen LogP contribution in [0.4, 0.5) is 0 Å². The first-order valence-corrected chi connectivity index (χ1v) is 7.83. The van der Waals surface area contributed by atoms with E-state index in [9.17, 15) is 0 Å². The molecule has 106 valence electrons. The standard InChI is InChI=1S/C18H29N/c1-18(2,3)16-10-8-15(9-11-16)17-7-5-4-6-14(17)12-13-19/h8-11,14,17H,4-7,12-13,19H2,1-3H3. The lowest BCUT2D eigenvalue weighted by Gasteiger charge is -2.32. The highest BCUT2D eigenvalue weighted by molar-refractivity contribution is 5.30. The Balaban J connectivity index is 2.15. The zero-order valence-corrected chi connectivity index (χ0v) is 12.8. The van der Waals surface area contributed by atoms with Gasteiger partial charge in [0.25, 0.3) is 0 Å². The van der Waals surface area contributed by atoms with Gasteiger partial charge >= 0.3 is 0 Å². The molecule has 0 heterocycles. The summed E-state index contributed by atoms with van der Waals surface area (Å²) >= 11 is 0. The van der Waals surface area contributed by atoms with Gasteiger partial charge in [-0.15, -0.1) is 0 Å². The van der Waals surface area contributed by atoms with Crippen molar-refractivity contribution in [3.8, 4) is 0 Å². The highest BCUT2D eigenvalue weighted by atomic mass is 14.5. The second-order valence-electron chi connectivity index (χ2n) is 7.10. The van der Waals surface area contributed by atoms with Gasteiger partial charge in [0.15, 0.2) is 0 Å². The molecule has 0 aromatic heterocycles. The van der Waals surface area contributed by atoms with Gasteiger partial charge in [0.2, 0.25) is 0 Å². The van der Waals surface area contributed by atoms with Gasteiger partial charge in [-0.05, 0) is 54.2 Å². The first kappa shape index (κ1) is 14.6. The van der Waals surface area contributed by atoms with E-state index in [4.69, 9.17) is 5.73 Å². The summed E-state index contributed by atoms with van der Waals surface area (Å²) in [5.74, 6) is 1.55. The zero-order chi connectivity index (χ0) is 13.9. The molecule has 2 unspecified atom stereocenters. The second kappa shape index (κ2) is 6.09. The van der Waals surface area contributed by atoms with E-state index in [1.807, 2.05) is 0 Å². The van der Waals surface area contributed by atoms with E-state index in [0.717, 1.165) is 18.4 Å². The predicted octanol–water partition coefficient (Wildman–Crippen LogP) is 4.61. The molecule has 1 heteroatoms. The molecule has 0 amide bonds. The molecule has 0 bridgehead atoms. The Bertz CT molecular complexity index is 383. The molecule has 1 fully saturated rings. The number of nitrogens with two attached hydrogens (primary N) is 1. The third-order valence-electron chi connectivity index (χ3n) is 4.65. The molecule has 2 N–H and O–H groups in total. The average molecular weight is 259 g/mol. The molecule has 0 saturated heterocycles. The van der Waals surface area contributed by atoms with Crippen LogP contribution in [0.15, 0.2) is 24.3 Å². The minimum absolute atomic E-state index is 0.252. The molecule has 1 aromatic rings. The largest absolute Gasteiger partial charge is 0.330 e. The molecule has 1 aliphatic carbocycles. The Morgan fingerprint density at radius 3 is 2.26 bits per heavy atom. The van der Waals surface area contributed by atoms with E-state index in [0.29, 0.717) is 0 Å². The lowest BCUT2D eigenvalue weighted by Crippen LogP contribution is -2.21. The van der Waals surface area contributed by atoms with E-state index in [1.54, 1.807) is 0 Å². The summed E-state index contributed by atoms with van der Waals surface area (Å²) in [6.45, 7) is 7.67. The minimum atomic E-state index is 0.252. The third kappa shape index (κ3) is 3.60. The fourth-order valence-corrected chi connectivity index (χ4v) is 3.44. The van der Waals surface area contributed by atoms with Crippen molar-refractivity contribution in [3.63, 3.8) is 0 Å². The van der Waals surface area contributed by atoms with Crippen molar-refractivity contribution in [2.24, 2.45) is 11.7 Å². The van der Waals surface area contributed by atoms with Crippen LogP contribution in [0.25, 0.3) is 0 Å². The molecule has 2 rings (SSSR count).